The van der Waals surface area contributed by atoms with Crippen molar-refractivity contribution in [1.82, 2.24) is 20.2 Å². The number of carbonyl (C=O) groups is 1. The third-order valence-corrected chi connectivity index (χ3v) is 5.01. The number of aromatic nitrogens is 2. The molecular weight excluding hydrogens is 406 g/mol. The summed E-state index contributed by atoms with van der Waals surface area (Å²) in [7, 11) is 1.61. The molecule has 3 rings (SSSR count). The molecule has 0 radical (unpaired) electrons. The largest absolute Gasteiger partial charge is 0.384 e. The number of carbonyl (C=O) groups excluding carboxylic acids is 1. The van der Waals surface area contributed by atoms with E-state index in [0.717, 1.165) is 37.3 Å². The predicted molar refractivity (Wildman–Crippen MR) is 111 cm³/mol. The van der Waals surface area contributed by atoms with Gasteiger partial charge < -0.3 is 19.9 Å². The lowest BCUT2D eigenvalue weighted by molar-refractivity contribution is -0.136. The number of ether oxygens (including phenoxy) is 1. The van der Waals surface area contributed by atoms with E-state index in [4.69, 9.17) is 4.74 Å². The van der Waals surface area contributed by atoms with Crippen LogP contribution in [0, 0.1) is 18.2 Å². The van der Waals surface area contributed by atoms with E-state index >= 15 is 0 Å². The van der Waals surface area contributed by atoms with E-state index in [1.165, 1.54) is 6.07 Å². The van der Waals surface area contributed by atoms with Crippen LogP contribution in [0.4, 0.5) is 4.39 Å². The molecule has 0 unspecified atom stereocenters. The summed E-state index contributed by atoms with van der Waals surface area (Å²) in [6.07, 6.45) is 4.83. The number of hydrogen-bond acceptors (Lipinski definition) is 4. The number of nitrogens with zero attached hydrogens (tertiary/aromatic N) is 2. The Balaban J connectivity index is 0.00000196. The number of rotatable bonds is 6. The highest BCUT2D eigenvalue weighted by molar-refractivity contribution is 5.85. The summed E-state index contributed by atoms with van der Waals surface area (Å²) < 4.78 is 21.5. The Hall–Kier alpha value is -1.67. The Morgan fingerprint density at radius 2 is 2.07 bits per heavy atom. The quantitative estimate of drug-likeness (QED) is 0.736. The van der Waals surface area contributed by atoms with E-state index in [1.54, 1.807) is 30.1 Å². The molecule has 0 bridgehead atoms. The van der Waals surface area contributed by atoms with Gasteiger partial charge in [-0.05, 0) is 50.6 Å². The van der Waals surface area contributed by atoms with E-state index in [1.807, 2.05) is 13.0 Å². The maximum atomic E-state index is 14.5. The summed E-state index contributed by atoms with van der Waals surface area (Å²) in [5.41, 5.74) is 0.662. The molecule has 1 aromatic carbocycles. The van der Waals surface area contributed by atoms with Gasteiger partial charge in [0.1, 0.15) is 11.6 Å². The molecule has 0 aliphatic carbocycles. The van der Waals surface area contributed by atoms with Gasteiger partial charge in [-0.1, -0.05) is 6.07 Å². The molecule has 2 aromatic rings. The summed E-state index contributed by atoms with van der Waals surface area (Å²) in [5, 5.41) is 6.22. The highest BCUT2D eigenvalue weighted by Gasteiger charge is 2.39. The SMILES string of the molecule is COCC1(C(=O)NCc2ccc(-n3ccnc3C)c(F)c2)CCNCC1.Cl.Cl. The maximum Gasteiger partial charge on any atom is 0.228 e. The molecular formula is C19H27Cl2FN4O2. The smallest absolute Gasteiger partial charge is 0.228 e. The standard InChI is InChI=1S/C19H25FN4O2.2ClH/c1-14-22-9-10-24(14)17-4-3-15(11-16(17)20)12-23-18(25)19(13-26-2)5-7-21-8-6-19;;/h3-4,9-11,21H,5-8,12-13H2,1-2H3,(H,23,25);2*1H. The highest BCUT2D eigenvalue weighted by Crippen LogP contribution is 2.29. The first-order valence-electron chi connectivity index (χ1n) is 8.82. The van der Waals surface area contributed by atoms with Crippen LogP contribution in [0.25, 0.3) is 5.69 Å². The Kier molecular flexibility index (Phi) is 9.36. The zero-order valence-corrected chi connectivity index (χ0v) is 17.7. The molecule has 1 aliphatic heterocycles. The van der Waals surface area contributed by atoms with Crippen LogP contribution in [0.15, 0.2) is 30.6 Å². The number of benzene rings is 1. The van der Waals surface area contributed by atoms with E-state index in [9.17, 15) is 9.18 Å². The first-order chi connectivity index (χ1) is 12.6. The summed E-state index contributed by atoms with van der Waals surface area (Å²) in [4.78, 5) is 16.9. The van der Waals surface area contributed by atoms with E-state index in [0.29, 0.717) is 12.3 Å². The van der Waals surface area contributed by atoms with E-state index in [-0.39, 0.29) is 43.1 Å². The number of imidazole rings is 1. The summed E-state index contributed by atoms with van der Waals surface area (Å²) >= 11 is 0. The van der Waals surface area contributed by atoms with Crippen LogP contribution in [0.5, 0.6) is 0 Å². The van der Waals surface area contributed by atoms with Crippen LogP contribution in [-0.2, 0) is 16.1 Å². The van der Waals surface area contributed by atoms with Crippen molar-refractivity contribution < 1.29 is 13.9 Å². The van der Waals surface area contributed by atoms with Gasteiger partial charge in [-0.15, -0.1) is 24.8 Å². The average molecular weight is 433 g/mol. The third kappa shape index (κ3) is 5.23. The second-order valence-electron chi connectivity index (χ2n) is 6.78. The number of amides is 1. The Labute approximate surface area is 177 Å². The monoisotopic (exact) mass is 432 g/mol. The minimum atomic E-state index is -0.508. The molecule has 1 fully saturated rings. The molecule has 9 heteroatoms. The normalized spacial score (nSPS) is 15.2. The molecule has 0 atom stereocenters. The fourth-order valence-electron chi connectivity index (χ4n) is 3.48. The fourth-order valence-corrected chi connectivity index (χ4v) is 3.48. The molecule has 0 spiro atoms. The van der Waals surface area contributed by atoms with Gasteiger partial charge in [0.25, 0.3) is 0 Å². The predicted octanol–water partition coefficient (Wildman–Crippen LogP) is 2.80. The number of piperidine rings is 1. The van der Waals surface area contributed by atoms with Crippen molar-refractivity contribution in [3.8, 4) is 5.69 Å². The number of hydrogen-bond donors (Lipinski definition) is 2. The molecule has 1 amide bonds. The molecule has 1 saturated heterocycles. The number of aryl methyl sites for hydroxylation is 1. The topological polar surface area (TPSA) is 68.2 Å². The summed E-state index contributed by atoms with van der Waals surface area (Å²) in [6, 6.07) is 4.99. The first kappa shape index (κ1) is 24.4. The second kappa shape index (κ2) is 10.8. The van der Waals surface area contributed by atoms with Crippen LogP contribution in [-0.4, -0.2) is 42.3 Å². The Bertz CT molecular complexity index is 774. The minimum absolute atomic E-state index is 0. The van der Waals surface area contributed by atoms with Crippen molar-refractivity contribution in [3.05, 3.63) is 47.8 Å². The maximum absolute atomic E-state index is 14.5. The Morgan fingerprint density at radius 3 is 2.64 bits per heavy atom. The van der Waals surface area contributed by atoms with E-state index in [2.05, 4.69) is 15.6 Å². The Morgan fingerprint density at radius 1 is 1.36 bits per heavy atom. The summed E-state index contributed by atoms with van der Waals surface area (Å²) in [5.74, 6) is 0.347. The highest BCUT2D eigenvalue weighted by atomic mass is 35.5. The fraction of sp³-hybridized carbons (Fsp3) is 0.474. The van der Waals surface area contributed by atoms with Gasteiger partial charge in [0.05, 0.1) is 17.7 Å². The van der Waals surface area contributed by atoms with Gasteiger partial charge in [0.2, 0.25) is 5.91 Å². The third-order valence-electron chi connectivity index (χ3n) is 5.01. The van der Waals surface area contributed by atoms with Crippen molar-refractivity contribution in [2.75, 3.05) is 26.8 Å². The van der Waals surface area contributed by atoms with Crippen molar-refractivity contribution >= 4 is 30.7 Å². The molecule has 0 saturated carbocycles. The number of methoxy groups -OCH3 is 1. The first-order valence-corrected chi connectivity index (χ1v) is 8.82. The van der Waals surface area contributed by atoms with Crippen molar-refractivity contribution in [2.24, 2.45) is 5.41 Å². The average Bonchev–Trinajstić information content (AvgIpc) is 3.06. The molecule has 1 aromatic heterocycles. The van der Waals surface area contributed by atoms with Crippen LogP contribution in [0.2, 0.25) is 0 Å². The van der Waals surface area contributed by atoms with Gasteiger partial charge in [-0.25, -0.2) is 9.37 Å². The van der Waals surface area contributed by atoms with Gasteiger partial charge in [-0.2, -0.15) is 0 Å². The molecule has 28 heavy (non-hydrogen) atoms. The van der Waals surface area contributed by atoms with Crippen LogP contribution in [0.3, 0.4) is 0 Å². The van der Waals surface area contributed by atoms with Crippen molar-refractivity contribution in [3.63, 3.8) is 0 Å². The second-order valence-corrected chi connectivity index (χ2v) is 6.78. The van der Waals surface area contributed by atoms with Gasteiger partial charge in [0, 0.05) is 26.0 Å². The lowest BCUT2D eigenvalue weighted by Crippen LogP contribution is -2.49. The lowest BCUT2D eigenvalue weighted by atomic mass is 9.78. The van der Waals surface area contributed by atoms with Crippen molar-refractivity contribution in [2.45, 2.75) is 26.3 Å². The molecule has 2 heterocycles. The number of halogens is 3. The molecule has 2 N–H and O–H groups in total. The molecule has 156 valence electrons. The zero-order valence-electron chi connectivity index (χ0n) is 16.0. The molecule has 1 aliphatic rings. The minimum Gasteiger partial charge on any atom is -0.384 e. The summed E-state index contributed by atoms with van der Waals surface area (Å²) in [6.45, 7) is 4.10. The van der Waals surface area contributed by atoms with Gasteiger partial charge in [-0.3, -0.25) is 4.79 Å². The lowest BCUT2D eigenvalue weighted by Gasteiger charge is -2.35. The molecule has 6 nitrogen and oxygen atoms in total. The zero-order chi connectivity index (χ0) is 18.6. The van der Waals surface area contributed by atoms with Gasteiger partial charge >= 0.3 is 0 Å². The number of nitrogens with one attached hydrogen (secondary N) is 2. The van der Waals surface area contributed by atoms with E-state index < -0.39 is 5.41 Å². The van der Waals surface area contributed by atoms with Crippen molar-refractivity contribution in [1.29, 1.82) is 0 Å². The van der Waals surface area contributed by atoms with Crippen LogP contribution >= 0.6 is 24.8 Å². The van der Waals surface area contributed by atoms with Crippen LogP contribution < -0.4 is 10.6 Å². The van der Waals surface area contributed by atoms with Crippen LogP contribution in [0.1, 0.15) is 24.2 Å². The van der Waals surface area contributed by atoms with Gasteiger partial charge in [0.15, 0.2) is 0 Å².